The largest absolute Gasteiger partial charge is 0.480 e. The molecular weight excluding hydrogens is 385 g/mol. The second-order valence-corrected chi connectivity index (χ2v) is 6.55. The van der Waals surface area contributed by atoms with Crippen LogP contribution in [-0.2, 0) is 22.3 Å². The van der Waals surface area contributed by atoms with Gasteiger partial charge in [0.1, 0.15) is 0 Å². The minimum absolute atomic E-state index is 0. The SMILES string of the molecule is CCCN(CC(=O)O)CC(=O)N(Cc1ccc(C(F)(F)F)cc1)C1CC1.Cl. The van der Waals surface area contributed by atoms with Crippen molar-refractivity contribution in [3.63, 3.8) is 0 Å². The summed E-state index contributed by atoms with van der Waals surface area (Å²) in [5, 5.41) is 8.95. The first-order chi connectivity index (χ1) is 12.2. The summed E-state index contributed by atoms with van der Waals surface area (Å²) >= 11 is 0. The Balaban J connectivity index is 0.00000364. The Morgan fingerprint density at radius 1 is 1.15 bits per heavy atom. The van der Waals surface area contributed by atoms with Crippen molar-refractivity contribution in [1.29, 1.82) is 0 Å². The second-order valence-electron chi connectivity index (χ2n) is 6.55. The molecule has 9 heteroatoms. The highest BCUT2D eigenvalue weighted by Gasteiger charge is 2.34. The highest BCUT2D eigenvalue weighted by atomic mass is 35.5. The number of carbonyl (C=O) groups excluding carboxylic acids is 1. The number of carboxylic acid groups (broad SMARTS) is 1. The highest BCUT2D eigenvalue weighted by Crippen LogP contribution is 2.31. The van der Waals surface area contributed by atoms with Crippen molar-refractivity contribution in [2.75, 3.05) is 19.6 Å². The molecule has 2 rings (SSSR count). The fourth-order valence-electron chi connectivity index (χ4n) is 2.81. The van der Waals surface area contributed by atoms with Crippen LogP contribution in [0.3, 0.4) is 0 Å². The van der Waals surface area contributed by atoms with Crippen molar-refractivity contribution >= 4 is 24.3 Å². The number of carbonyl (C=O) groups is 2. The van der Waals surface area contributed by atoms with Gasteiger partial charge in [-0.15, -0.1) is 12.4 Å². The fraction of sp³-hybridized carbons (Fsp3) is 0.556. The van der Waals surface area contributed by atoms with Gasteiger partial charge in [-0.25, -0.2) is 0 Å². The molecule has 0 atom stereocenters. The van der Waals surface area contributed by atoms with E-state index in [0.717, 1.165) is 31.4 Å². The molecule has 0 unspecified atom stereocenters. The first kappa shape index (κ1) is 23.2. The van der Waals surface area contributed by atoms with E-state index in [1.807, 2.05) is 6.92 Å². The molecule has 1 fully saturated rings. The Hall–Kier alpha value is -1.80. The Morgan fingerprint density at radius 2 is 1.74 bits per heavy atom. The number of amides is 1. The average molecular weight is 409 g/mol. The lowest BCUT2D eigenvalue weighted by atomic mass is 10.1. The fourth-order valence-corrected chi connectivity index (χ4v) is 2.81. The predicted octanol–water partition coefficient (Wildman–Crippen LogP) is 3.41. The topological polar surface area (TPSA) is 60.9 Å². The van der Waals surface area contributed by atoms with Gasteiger partial charge in [-0.05, 0) is 43.5 Å². The summed E-state index contributed by atoms with van der Waals surface area (Å²) in [6.07, 6.45) is -1.94. The van der Waals surface area contributed by atoms with E-state index in [1.165, 1.54) is 12.1 Å². The molecule has 0 saturated heterocycles. The van der Waals surface area contributed by atoms with E-state index >= 15 is 0 Å². The zero-order chi connectivity index (χ0) is 19.3. The van der Waals surface area contributed by atoms with E-state index in [9.17, 15) is 22.8 Å². The number of rotatable bonds is 9. The van der Waals surface area contributed by atoms with Crippen molar-refractivity contribution in [3.8, 4) is 0 Å². The lowest BCUT2D eigenvalue weighted by Gasteiger charge is -2.27. The van der Waals surface area contributed by atoms with Crippen molar-refractivity contribution in [1.82, 2.24) is 9.80 Å². The third-order valence-corrected chi connectivity index (χ3v) is 4.20. The van der Waals surface area contributed by atoms with Crippen LogP contribution >= 0.6 is 12.4 Å². The summed E-state index contributed by atoms with van der Waals surface area (Å²) in [5.41, 5.74) is -0.0975. The second kappa shape index (κ2) is 9.94. The van der Waals surface area contributed by atoms with Gasteiger partial charge in [-0.1, -0.05) is 19.1 Å². The Labute approximate surface area is 162 Å². The van der Waals surface area contributed by atoms with Crippen molar-refractivity contribution in [2.45, 2.75) is 44.9 Å². The first-order valence-corrected chi connectivity index (χ1v) is 8.60. The van der Waals surface area contributed by atoms with Crippen molar-refractivity contribution < 1.29 is 27.9 Å². The molecule has 0 radical (unpaired) electrons. The standard InChI is InChI=1S/C18H23F3N2O3.ClH/c1-2-9-22(12-17(25)26)11-16(24)23(15-7-8-15)10-13-3-5-14(6-4-13)18(19,20)21;/h3-6,15H,2,7-12H2,1H3,(H,25,26);1H. The average Bonchev–Trinajstić information content (AvgIpc) is 3.36. The molecule has 152 valence electrons. The number of hydrogen-bond acceptors (Lipinski definition) is 3. The molecule has 0 heterocycles. The molecule has 0 spiro atoms. The van der Waals surface area contributed by atoms with Gasteiger partial charge in [0.25, 0.3) is 0 Å². The third-order valence-electron chi connectivity index (χ3n) is 4.20. The molecule has 1 aliphatic rings. The summed E-state index contributed by atoms with van der Waals surface area (Å²) < 4.78 is 38.0. The van der Waals surface area contributed by atoms with E-state index in [-0.39, 0.29) is 44.0 Å². The smallest absolute Gasteiger partial charge is 0.416 e. The molecule has 1 amide bonds. The molecule has 0 aromatic heterocycles. The number of aliphatic carboxylic acids is 1. The zero-order valence-corrected chi connectivity index (χ0v) is 15.9. The van der Waals surface area contributed by atoms with Crippen LogP contribution in [0.15, 0.2) is 24.3 Å². The number of hydrogen-bond donors (Lipinski definition) is 1. The number of halogens is 4. The van der Waals surface area contributed by atoms with Crippen LogP contribution in [-0.4, -0.2) is 52.5 Å². The van der Waals surface area contributed by atoms with Crippen LogP contribution in [0.2, 0.25) is 0 Å². The van der Waals surface area contributed by atoms with Crippen molar-refractivity contribution in [2.24, 2.45) is 0 Å². The van der Waals surface area contributed by atoms with Gasteiger partial charge in [0.05, 0.1) is 18.7 Å². The maximum atomic E-state index is 12.7. The molecule has 1 saturated carbocycles. The molecule has 27 heavy (non-hydrogen) atoms. The van der Waals surface area contributed by atoms with E-state index in [0.29, 0.717) is 12.1 Å². The summed E-state index contributed by atoms with van der Waals surface area (Å²) in [5.74, 6) is -1.19. The first-order valence-electron chi connectivity index (χ1n) is 8.60. The maximum Gasteiger partial charge on any atom is 0.416 e. The van der Waals surface area contributed by atoms with Gasteiger partial charge in [-0.2, -0.15) is 13.2 Å². The van der Waals surface area contributed by atoms with Crippen LogP contribution in [0.4, 0.5) is 13.2 Å². The van der Waals surface area contributed by atoms with Gasteiger partial charge in [0, 0.05) is 12.6 Å². The van der Waals surface area contributed by atoms with Gasteiger partial charge >= 0.3 is 12.1 Å². The Kier molecular flexibility index (Phi) is 8.56. The van der Waals surface area contributed by atoms with Crippen LogP contribution < -0.4 is 0 Å². The predicted molar refractivity (Wildman–Crippen MR) is 96.6 cm³/mol. The summed E-state index contributed by atoms with van der Waals surface area (Å²) in [4.78, 5) is 26.8. The molecule has 1 aliphatic carbocycles. The maximum absolute atomic E-state index is 12.7. The summed E-state index contributed by atoms with van der Waals surface area (Å²) in [7, 11) is 0. The third kappa shape index (κ3) is 7.38. The monoisotopic (exact) mass is 408 g/mol. The molecule has 0 aliphatic heterocycles. The van der Waals surface area contributed by atoms with Gasteiger partial charge < -0.3 is 10.0 Å². The molecule has 1 aromatic carbocycles. The lowest BCUT2D eigenvalue weighted by molar-refractivity contribution is -0.140. The number of benzene rings is 1. The number of carboxylic acids is 1. The van der Waals surface area contributed by atoms with Crippen LogP contribution in [0.1, 0.15) is 37.3 Å². The van der Waals surface area contributed by atoms with E-state index in [1.54, 1.807) is 9.80 Å². The van der Waals surface area contributed by atoms with Gasteiger partial charge in [0.15, 0.2) is 0 Å². The molecule has 0 bridgehead atoms. The molecule has 5 nitrogen and oxygen atoms in total. The van der Waals surface area contributed by atoms with E-state index < -0.39 is 17.7 Å². The molecule has 1 N–H and O–H groups in total. The van der Waals surface area contributed by atoms with Crippen molar-refractivity contribution in [3.05, 3.63) is 35.4 Å². The summed E-state index contributed by atoms with van der Waals surface area (Å²) in [6.45, 7) is 2.42. The van der Waals surface area contributed by atoms with Gasteiger partial charge in [-0.3, -0.25) is 14.5 Å². The Morgan fingerprint density at radius 3 is 2.19 bits per heavy atom. The highest BCUT2D eigenvalue weighted by molar-refractivity contribution is 5.85. The zero-order valence-electron chi connectivity index (χ0n) is 15.0. The number of nitrogens with zero attached hydrogens (tertiary/aromatic N) is 2. The van der Waals surface area contributed by atoms with Crippen LogP contribution in [0.5, 0.6) is 0 Å². The van der Waals surface area contributed by atoms with Crippen LogP contribution in [0.25, 0.3) is 0 Å². The lowest BCUT2D eigenvalue weighted by Crippen LogP contribution is -2.43. The molecular formula is C18H24ClF3N2O3. The van der Waals surface area contributed by atoms with Crippen LogP contribution in [0, 0.1) is 0 Å². The minimum Gasteiger partial charge on any atom is -0.480 e. The van der Waals surface area contributed by atoms with Gasteiger partial charge in [0.2, 0.25) is 5.91 Å². The minimum atomic E-state index is -4.39. The van der Waals surface area contributed by atoms with E-state index in [2.05, 4.69) is 0 Å². The Bertz CT molecular complexity index is 634. The normalized spacial score (nSPS) is 14.0. The summed E-state index contributed by atoms with van der Waals surface area (Å²) in [6, 6.07) is 4.87. The quantitative estimate of drug-likeness (QED) is 0.680. The number of alkyl halides is 3. The molecule has 1 aromatic rings. The van der Waals surface area contributed by atoms with E-state index in [4.69, 9.17) is 5.11 Å².